The minimum absolute atomic E-state index is 0.135. The van der Waals surface area contributed by atoms with Gasteiger partial charge in [-0.2, -0.15) is 0 Å². The summed E-state index contributed by atoms with van der Waals surface area (Å²) in [6, 6.07) is 16.7. The van der Waals surface area contributed by atoms with Gasteiger partial charge in [0, 0.05) is 42.8 Å². The van der Waals surface area contributed by atoms with E-state index in [1.54, 1.807) is 48.8 Å². The second-order valence-electron chi connectivity index (χ2n) is 9.39. The number of nitrogens with one attached hydrogen (secondary N) is 2. The van der Waals surface area contributed by atoms with E-state index in [1.807, 2.05) is 24.3 Å². The van der Waals surface area contributed by atoms with Crippen LogP contribution in [0.25, 0.3) is 11.0 Å². The lowest BCUT2D eigenvalue weighted by atomic mass is 10.0. The van der Waals surface area contributed by atoms with Crippen molar-refractivity contribution in [2.75, 3.05) is 16.8 Å². The molecule has 0 aliphatic heterocycles. The van der Waals surface area contributed by atoms with Crippen molar-refractivity contribution in [3.63, 3.8) is 0 Å². The van der Waals surface area contributed by atoms with Crippen molar-refractivity contribution in [2.45, 2.75) is 39.8 Å². The van der Waals surface area contributed by atoms with Crippen LogP contribution < -0.4 is 15.5 Å². The van der Waals surface area contributed by atoms with Crippen LogP contribution in [0.15, 0.2) is 73.1 Å². The molecule has 196 valence electrons. The highest BCUT2D eigenvalue weighted by atomic mass is 16.2. The number of para-hydroxylation sites is 1. The molecule has 0 radical (unpaired) electrons. The van der Waals surface area contributed by atoms with Gasteiger partial charge in [0.05, 0.1) is 5.52 Å². The number of hydrogen-bond donors (Lipinski definition) is 2. The van der Waals surface area contributed by atoms with Gasteiger partial charge < -0.3 is 10.6 Å². The van der Waals surface area contributed by atoms with Crippen LogP contribution >= 0.6 is 0 Å². The molecule has 2 aromatic carbocycles. The molecule has 0 unspecified atom stereocenters. The van der Waals surface area contributed by atoms with Crippen LogP contribution in [0, 0.1) is 5.92 Å². The summed E-state index contributed by atoms with van der Waals surface area (Å²) in [6.45, 7) is 5.93. The molecule has 4 aromatic rings. The van der Waals surface area contributed by atoms with Gasteiger partial charge >= 0.3 is 0 Å². The Morgan fingerprint density at radius 2 is 1.76 bits per heavy atom. The van der Waals surface area contributed by atoms with Crippen LogP contribution in [0.4, 0.5) is 11.4 Å². The Morgan fingerprint density at radius 3 is 2.45 bits per heavy atom. The highest BCUT2D eigenvalue weighted by Gasteiger charge is 2.33. The number of anilines is 2. The molecule has 0 aliphatic carbocycles. The first-order chi connectivity index (χ1) is 18.3. The first kappa shape index (κ1) is 26.5. The molecule has 10 heteroatoms. The molecule has 2 N–H and O–H groups in total. The van der Waals surface area contributed by atoms with Gasteiger partial charge in [-0.1, -0.05) is 37.3 Å². The van der Waals surface area contributed by atoms with Crippen LogP contribution in [0.2, 0.25) is 0 Å². The molecule has 38 heavy (non-hydrogen) atoms. The third-order valence-corrected chi connectivity index (χ3v) is 5.97. The zero-order valence-electron chi connectivity index (χ0n) is 21.7. The zero-order valence-corrected chi connectivity index (χ0v) is 21.7. The number of nitrogens with zero attached hydrogens (tertiary/aromatic N) is 5. The summed E-state index contributed by atoms with van der Waals surface area (Å²) in [7, 11) is 0. The molecule has 0 spiro atoms. The van der Waals surface area contributed by atoms with Crippen LogP contribution in [0.3, 0.4) is 0 Å². The number of benzene rings is 2. The van der Waals surface area contributed by atoms with Gasteiger partial charge in [0.25, 0.3) is 0 Å². The maximum Gasteiger partial charge on any atom is 0.249 e. The monoisotopic (exact) mass is 513 g/mol. The zero-order chi connectivity index (χ0) is 27.1. The van der Waals surface area contributed by atoms with E-state index in [-0.39, 0.29) is 24.3 Å². The van der Waals surface area contributed by atoms with Crippen molar-refractivity contribution >= 4 is 40.1 Å². The summed E-state index contributed by atoms with van der Waals surface area (Å²) >= 11 is 0. The third kappa shape index (κ3) is 6.39. The van der Waals surface area contributed by atoms with Gasteiger partial charge in [-0.05, 0) is 54.8 Å². The van der Waals surface area contributed by atoms with Crippen molar-refractivity contribution in [1.82, 2.24) is 25.3 Å². The summed E-state index contributed by atoms with van der Waals surface area (Å²) in [5.41, 5.74) is 3.01. The molecular formula is C28H31N7O3. The Bertz CT molecular complexity index is 1400. The smallest absolute Gasteiger partial charge is 0.249 e. The summed E-state index contributed by atoms with van der Waals surface area (Å²) in [5, 5.41) is 14.0. The number of aromatic nitrogens is 4. The van der Waals surface area contributed by atoms with Gasteiger partial charge in [0.2, 0.25) is 17.7 Å². The number of pyridine rings is 1. The minimum atomic E-state index is -0.982. The number of amides is 3. The van der Waals surface area contributed by atoms with Gasteiger partial charge in [-0.3, -0.25) is 24.3 Å². The standard InChI is InChI=1S/C28H31N7O3/c1-19(2)14-16-30-28(38)27(21-7-6-15-29-17-21)35(23-12-10-22(11-13-23)31-20(3)36)26(37)18-34-25-9-5-4-8-24(25)32-33-34/h4-13,15,17,19,27H,14,16,18H2,1-3H3,(H,30,38)(H,31,36)/t27-/m1/s1. The number of rotatable bonds is 10. The fourth-order valence-electron chi connectivity index (χ4n) is 4.12. The van der Waals surface area contributed by atoms with Crippen molar-refractivity contribution in [1.29, 1.82) is 0 Å². The second-order valence-corrected chi connectivity index (χ2v) is 9.39. The predicted molar refractivity (Wildman–Crippen MR) is 145 cm³/mol. The molecule has 0 saturated carbocycles. The van der Waals surface area contributed by atoms with Gasteiger partial charge in [-0.15, -0.1) is 5.10 Å². The third-order valence-electron chi connectivity index (χ3n) is 5.97. The van der Waals surface area contributed by atoms with E-state index < -0.39 is 6.04 Å². The first-order valence-corrected chi connectivity index (χ1v) is 12.5. The maximum atomic E-state index is 14.0. The summed E-state index contributed by atoms with van der Waals surface area (Å²) < 4.78 is 1.52. The Hall–Kier alpha value is -4.60. The Morgan fingerprint density at radius 1 is 1.00 bits per heavy atom. The van der Waals surface area contributed by atoms with Gasteiger partial charge in [0.1, 0.15) is 18.1 Å². The predicted octanol–water partition coefficient (Wildman–Crippen LogP) is 3.72. The second kappa shape index (κ2) is 12.1. The van der Waals surface area contributed by atoms with Crippen molar-refractivity contribution in [2.24, 2.45) is 5.92 Å². The normalized spacial score (nSPS) is 11.8. The average Bonchev–Trinajstić information content (AvgIpc) is 3.30. The molecule has 0 fully saturated rings. The molecule has 2 aromatic heterocycles. The van der Waals surface area contributed by atoms with E-state index in [0.717, 1.165) is 6.42 Å². The number of carbonyl (C=O) groups excluding carboxylic acids is 3. The number of carbonyl (C=O) groups is 3. The molecular weight excluding hydrogens is 482 g/mol. The van der Waals surface area contributed by atoms with Crippen molar-refractivity contribution in [3.05, 3.63) is 78.6 Å². The maximum absolute atomic E-state index is 14.0. The molecule has 10 nitrogen and oxygen atoms in total. The molecule has 0 bridgehead atoms. The van der Waals surface area contributed by atoms with Crippen LogP contribution in [-0.4, -0.2) is 44.2 Å². The highest BCUT2D eigenvalue weighted by Crippen LogP contribution is 2.29. The van der Waals surface area contributed by atoms with E-state index >= 15 is 0 Å². The fraction of sp³-hybridized carbons (Fsp3) is 0.286. The molecule has 0 saturated heterocycles. The Labute approximate surface area is 221 Å². The lowest BCUT2D eigenvalue weighted by Crippen LogP contribution is -2.45. The van der Waals surface area contributed by atoms with Crippen LogP contribution in [-0.2, 0) is 20.9 Å². The molecule has 0 aliphatic rings. The minimum Gasteiger partial charge on any atom is -0.354 e. The Kier molecular flexibility index (Phi) is 8.42. The van der Waals surface area contributed by atoms with Crippen molar-refractivity contribution < 1.29 is 14.4 Å². The fourth-order valence-corrected chi connectivity index (χ4v) is 4.12. The van der Waals surface area contributed by atoms with Gasteiger partial charge in [0.15, 0.2) is 0 Å². The molecule has 1 atom stereocenters. The van der Waals surface area contributed by atoms with E-state index in [2.05, 4.69) is 39.8 Å². The largest absolute Gasteiger partial charge is 0.354 e. The lowest BCUT2D eigenvalue weighted by molar-refractivity contribution is -0.127. The highest BCUT2D eigenvalue weighted by molar-refractivity contribution is 6.01. The quantitative estimate of drug-likeness (QED) is 0.333. The van der Waals surface area contributed by atoms with Crippen LogP contribution in [0.5, 0.6) is 0 Å². The van der Waals surface area contributed by atoms with Crippen LogP contribution in [0.1, 0.15) is 38.8 Å². The topological polar surface area (TPSA) is 122 Å². The summed E-state index contributed by atoms with van der Waals surface area (Å²) in [5.74, 6) is -0.476. The Balaban J connectivity index is 1.74. The summed E-state index contributed by atoms with van der Waals surface area (Å²) in [4.78, 5) is 44.8. The lowest BCUT2D eigenvalue weighted by Gasteiger charge is -2.31. The van der Waals surface area contributed by atoms with E-state index in [1.165, 1.54) is 16.5 Å². The number of fused-ring (bicyclic) bond motifs is 1. The number of hydrogen-bond acceptors (Lipinski definition) is 6. The first-order valence-electron chi connectivity index (χ1n) is 12.5. The average molecular weight is 514 g/mol. The SMILES string of the molecule is CC(=O)Nc1ccc(N(C(=O)Cn2nnc3ccccc32)[C@@H](C(=O)NCCC(C)C)c2cccnc2)cc1. The molecule has 4 rings (SSSR count). The van der Waals surface area contributed by atoms with Gasteiger partial charge in [-0.25, -0.2) is 4.68 Å². The van der Waals surface area contributed by atoms with E-state index in [4.69, 9.17) is 0 Å². The van der Waals surface area contributed by atoms with E-state index in [9.17, 15) is 14.4 Å². The summed E-state index contributed by atoms with van der Waals surface area (Å²) in [6.07, 6.45) is 4.01. The van der Waals surface area contributed by atoms with Crippen molar-refractivity contribution in [3.8, 4) is 0 Å². The van der Waals surface area contributed by atoms with E-state index in [0.29, 0.717) is 40.4 Å². The molecule has 3 amide bonds. The molecule has 2 heterocycles.